The second kappa shape index (κ2) is 5.70. The van der Waals surface area contributed by atoms with Crippen molar-refractivity contribution in [2.45, 2.75) is 50.8 Å². The molecule has 3 rings (SSSR count). The number of alkyl halides is 1. The Hall–Kier alpha value is -0.760. The Labute approximate surface area is 121 Å². The van der Waals surface area contributed by atoms with E-state index in [-0.39, 0.29) is 0 Å². The Kier molecular flexibility index (Phi) is 3.97. The van der Waals surface area contributed by atoms with Crippen molar-refractivity contribution in [3.63, 3.8) is 0 Å². The lowest BCUT2D eigenvalue weighted by atomic mass is 9.68. The van der Waals surface area contributed by atoms with Crippen LogP contribution in [0.15, 0.2) is 18.2 Å². The van der Waals surface area contributed by atoms with Crippen molar-refractivity contribution in [3.05, 3.63) is 23.9 Å². The Balaban J connectivity index is 1.65. The number of nitrogens with zero attached hydrogens (tertiary/aromatic N) is 2. The smallest absolute Gasteiger partial charge is 0.128 e. The average Bonchev–Trinajstić information content (AvgIpc) is 2.49. The lowest BCUT2D eigenvalue weighted by Gasteiger charge is -2.44. The highest BCUT2D eigenvalue weighted by Crippen LogP contribution is 2.44. The molecule has 1 spiro atoms. The van der Waals surface area contributed by atoms with Crippen molar-refractivity contribution in [3.8, 4) is 0 Å². The molecule has 19 heavy (non-hydrogen) atoms. The summed E-state index contributed by atoms with van der Waals surface area (Å²) in [5.41, 5.74) is 1.65. The van der Waals surface area contributed by atoms with Gasteiger partial charge in [-0.15, -0.1) is 11.6 Å². The van der Waals surface area contributed by atoms with Gasteiger partial charge in [-0.3, -0.25) is 0 Å². The van der Waals surface area contributed by atoms with E-state index >= 15 is 0 Å². The lowest BCUT2D eigenvalue weighted by molar-refractivity contribution is 0.144. The van der Waals surface area contributed by atoms with Gasteiger partial charge in [-0.2, -0.15) is 0 Å². The molecular formula is C16H23ClN2. The molecule has 2 aliphatic rings. The summed E-state index contributed by atoms with van der Waals surface area (Å²) < 4.78 is 0. The average molecular weight is 279 g/mol. The molecule has 0 N–H and O–H groups in total. The van der Waals surface area contributed by atoms with Crippen LogP contribution in [-0.4, -0.2) is 18.1 Å². The maximum Gasteiger partial charge on any atom is 0.128 e. The second-order valence-corrected chi connectivity index (χ2v) is 6.44. The first-order valence-electron chi connectivity index (χ1n) is 7.58. The third-order valence-electron chi connectivity index (χ3n) is 4.99. The summed E-state index contributed by atoms with van der Waals surface area (Å²) >= 11 is 5.87. The van der Waals surface area contributed by atoms with Gasteiger partial charge in [-0.25, -0.2) is 4.98 Å². The van der Waals surface area contributed by atoms with Gasteiger partial charge >= 0.3 is 0 Å². The number of rotatable bonds is 2. The molecule has 2 fully saturated rings. The molecule has 1 aromatic heterocycles. The van der Waals surface area contributed by atoms with Crippen LogP contribution in [0, 0.1) is 5.41 Å². The molecule has 0 bridgehead atoms. The fraction of sp³-hybridized carbons (Fsp3) is 0.688. The first-order valence-corrected chi connectivity index (χ1v) is 8.12. The van der Waals surface area contributed by atoms with E-state index in [0.717, 1.165) is 11.5 Å². The summed E-state index contributed by atoms with van der Waals surface area (Å²) in [4.78, 5) is 7.08. The molecule has 0 radical (unpaired) electrons. The summed E-state index contributed by atoms with van der Waals surface area (Å²) in [6.45, 7) is 2.33. The minimum atomic E-state index is 0.506. The zero-order valence-corrected chi connectivity index (χ0v) is 12.3. The van der Waals surface area contributed by atoms with E-state index in [0.29, 0.717) is 11.3 Å². The summed E-state index contributed by atoms with van der Waals surface area (Å²) in [5.74, 6) is 1.62. The number of hydrogen-bond donors (Lipinski definition) is 0. The van der Waals surface area contributed by atoms with E-state index in [9.17, 15) is 0 Å². The van der Waals surface area contributed by atoms with Crippen LogP contribution in [0.4, 0.5) is 5.82 Å². The summed E-state index contributed by atoms with van der Waals surface area (Å²) in [7, 11) is 0. The summed E-state index contributed by atoms with van der Waals surface area (Å²) in [6, 6.07) is 6.20. The molecule has 1 aliphatic carbocycles. The van der Waals surface area contributed by atoms with Crippen LogP contribution < -0.4 is 4.90 Å². The van der Waals surface area contributed by atoms with E-state index in [1.54, 1.807) is 0 Å². The van der Waals surface area contributed by atoms with Crippen LogP contribution >= 0.6 is 11.6 Å². The van der Waals surface area contributed by atoms with Gasteiger partial charge in [0.15, 0.2) is 0 Å². The number of anilines is 1. The highest BCUT2D eigenvalue weighted by molar-refractivity contribution is 6.16. The molecule has 2 heterocycles. The largest absolute Gasteiger partial charge is 0.357 e. The van der Waals surface area contributed by atoms with Crippen LogP contribution in [-0.2, 0) is 5.88 Å². The minimum absolute atomic E-state index is 0.506. The number of hydrogen-bond acceptors (Lipinski definition) is 2. The van der Waals surface area contributed by atoms with Gasteiger partial charge in [0.25, 0.3) is 0 Å². The zero-order chi connectivity index (χ0) is 13.1. The molecule has 1 aromatic rings. The Morgan fingerprint density at radius 2 is 1.79 bits per heavy atom. The van der Waals surface area contributed by atoms with Crippen molar-refractivity contribution in [1.29, 1.82) is 0 Å². The van der Waals surface area contributed by atoms with Gasteiger partial charge in [-0.1, -0.05) is 25.3 Å². The van der Waals surface area contributed by atoms with Crippen molar-refractivity contribution >= 4 is 17.4 Å². The standard InChI is InChI=1S/C16H23ClN2/c17-13-14-5-4-6-15(18-14)19-11-9-16(10-12-19)7-2-1-3-8-16/h4-6H,1-3,7-13H2. The van der Waals surface area contributed by atoms with Crippen LogP contribution in [0.2, 0.25) is 0 Å². The summed E-state index contributed by atoms with van der Waals surface area (Å²) in [5, 5.41) is 0. The first-order chi connectivity index (χ1) is 9.31. The molecule has 2 nitrogen and oxygen atoms in total. The normalized spacial score (nSPS) is 22.7. The van der Waals surface area contributed by atoms with Gasteiger partial charge in [-0.05, 0) is 43.2 Å². The van der Waals surface area contributed by atoms with Gasteiger partial charge in [0.2, 0.25) is 0 Å². The van der Waals surface area contributed by atoms with Gasteiger partial charge in [0, 0.05) is 13.1 Å². The third kappa shape index (κ3) is 2.89. The van der Waals surface area contributed by atoms with Crippen molar-refractivity contribution in [1.82, 2.24) is 4.98 Å². The molecule has 3 heteroatoms. The first kappa shape index (κ1) is 13.2. The summed E-state index contributed by atoms with van der Waals surface area (Å²) in [6.07, 6.45) is 9.94. The Morgan fingerprint density at radius 1 is 1.05 bits per heavy atom. The van der Waals surface area contributed by atoms with Gasteiger partial charge in [0.05, 0.1) is 11.6 Å². The van der Waals surface area contributed by atoms with Gasteiger partial charge < -0.3 is 4.90 Å². The fourth-order valence-electron chi connectivity index (χ4n) is 3.73. The number of halogens is 1. The third-order valence-corrected chi connectivity index (χ3v) is 5.27. The van der Waals surface area contributed by atoms with Crippen LogP contribution in [0.1, 0.15) is 50.6 Å². The Morgan fingerprint density at radius 3 is 2.47 bits per heavy atom. The van der Waals surface area contributed by atoms with E-state index < -0.39 is 0 Å². The molecule has 0 amide bonds. The Bertz CT molecular complexity index is 417. The predicted octanol–water partition coefficient (Wildman–Crippen LogP) is 4.37. The maximum absolute atomic E-state index is 5.87. The monoisotopic (exact) mass is 278 g/mol. The second-order valence-electron chi connectivity index (χ2n) is 6.17. The molecule has 0 atom stereocenters. The topological polar surface area (TPSA) is 16.1 Å². The molecule has 1 saturated heterocycles. The molecule has 0 unspecified atom stereocenters. The van der Waals surface area contributed by atoms with Crippen LogP contribution in [0.3, 0.4) is 0 Å². The molecule has 104 valence electrons. The SMILES string of the molecule is ClCc1cccc(N2CCC3(CCCCC3)CC2)n1. The predicted molar refractivity (Wildman–Crippen MR) is 80.8 cm³/mol. The van der Waals surface area contributed by atoms with Crippen molar-refractivity contribution in [2.24, 2.45) is 5.41 Å². The molecular weight excluding hydrogens is 256 g/mol. The molecule has 0 aromatic carbocycles. The molecule has 1 aliphatic heterocycles. The van der Waals surface area contributed by atoms with Crippen LogP contribution in [0.5, 0.6) is 0 Å². The highest BCUT2D eigenvalue weighted by Gasteiger charge is 2.35. The van der Waals surface area contributed by atoms with Crippen molar-refractivity contribution in [2.75, 3.05) is 18.0 Å². The number of aromatic nitrogens is 1. The maximum atomic E-state index is 5.87. The number of piperidine rings is 1. The van der Waals surface area contributed by atoms with E-state index in [1.165, 1.54) is 58.0 Å². The number of pyridine rings is 1. The van der Waals surface area contributed by atoms with E-state index in [4.69, 9.17) is 11.6 Å². The minimum Gasteiger partial charge on any atom is -0.357 e. The fourth-order valence-corrected chi connectivity index (χ4v) is 3.88. The lowest BCUT2D eigenvalue weighted by Crippen LogP contribution is -2.41. The van der Waals surface area contributed by atoms with Crippen LogP contribution in [0.25, 0.3) is 0 Å². The van der Waals surface area contributed by atoms with E-state index in [1.807, 2.05) is 6.07 Å². The highest BCUT2D eigenvalue weighted by atomic mass is 35.5. The zero-order valence-electron chi connectivity index (χ0n) is 11.6. The quantitative estimate of drug-likeness (QED) is 0.747. The molecule has 1 saturated carbocycles. The van der Waals surface area contributed by atoms with E-state index in [2.05, 4.69) is 22.0 Å². The van der Waals surface area contributed by atoms with Crippen molar-refractivity contribution < 1.29 is 0 Å². The van der Waals surface area contributed by atoms with Gasteiger partial charge in [0.1, 0.15) is 5.82 Å².